The van der Waals surface area contributed by atoms with Crippen LogP contribution in [-0.2, 0) is 6.61 Å². The van der Waals surface area contributed by atoms with Gasteiger partial charge in [0.1, 0.15) is 12.4 Å². The summed E-state index contributed by atoms with van der Waals surface area (Å²) in [5, 5.41) is 14.5. The van der Waals surface area contributed by atoms with Gasteiger partial charge in [0.05, 0.1) is 11.5 Å². The number of halogens is 1. The summed E-state index contributed by atoms with van der Waals surface area (Å²) >= 11 is 0. The number of nitrogens with two attached hydrogens (primary N) is 1. The summed E-state index contributed by atoms with van der Waals surface area (Å²) in [7, 11) is 0. The minimum atomic E-state index is -1.25. The van der Waals surface area contributed by atoms with Gasteiger partial charge in [0.25, 0.3) is 5.91 Å². The molecule has 3 aromatic carbocycles. The van der Waals surface area contributed by atoms with Crippen LogP contribution in [0.2, 0.25) is 0 Å². The monoisotopic (exact) mass is 462 g/mol. The number of amides is 1. The van der Waals surface area contributed by atoms with E-state index in [2.05, 4.69) is 10.3 Å². The van der Waals surface area contributed by atoms with Crippen molar-refractivity contribution in [1.29, 1.82) is 0 Å². The van der Waals surface area contributed by atoms with Gasteiger partial charge in [-0.25, -0.2) is 0 Å². The van der Waals surface area contributed by atoms with Crippen molar-refractivity contribution >= 4 is 46.6 Å². The van der Waals surface area contributed by atoms with Crippen LogP contribution in [0.3, 0.4) is 0 Å². The van der Waals surface area contributed by atoms with Crippen LogP contribution in [0.4, 0.5) is 11.4 Å². The number of aryl methyl sites for hydroxylation is 1. The van der Waals surface area contributed by atoms with E-state index in [0.29, 0.717) is 28.3 Å². The van der Waals surface area contributed by atoms with Crippen LogP contribution < -0.4 is 20.9 Å². The molecule has 4 rings (SSSR count). The molecule has 0 radical (unpaired) electrons. The highest BCUT2D eigenvalue weighted by Gasteiger charge is 2.13. The Bertz CT molecular complexity index is 1320. The normalized spacial score (nSPS) is 10.3. The molecule has 0 aliphatic carbocycles. The first-order chi connectivity index (χ1) is 15.4. The fourth-order valence-electron chi connectivity index (χ4n) is 3.38. The molecule has 0 spiro atoms. The summed E-state index contributed by atoms with van der Waals surface area (Å²) < 4.78 is 5.73. The average Bonchev–Trinajstić information content (AvgIpc) is 2.78. The number of fused-ring (bicyclic) bond motifs is 1. The zero-order chi connectivity index (χ0) is 22.7. The van der Waals surface area contributed by atoms with Gasteiger partial charge in [-0.2, -0.15) is 0 Å². The number of nitrogens with one attached hydrogen (secondary N) is 1. The van der Waals surface area contributed by atoms with Gasteiger partial charge >= 0.3 is 0 Å². The fourth-order valence-corrected chi connectivity index (χ4v) is 3.38. The average molecular weight is 463 g/mol. The van der Waals surface area contributed by atoms with Crippen LogP contribution in [0.1, 0.15) is 32.0 Å². The maximum atomic E-state index is 13.0. The molecule has 1 aromatic heterocycles. The van der Waals surface area contributed by atoms with Crippen LogP contribution in [0, 0.1) is 6.92 Å². The Hall–Kier alpha value is -4.10. The highest BCUT2D eigenvalue weighted by molar-refractivity contribution is 6.06. The van der Waals surface area contributed by atoms with Crippen LogP contribution in [0.15, 0.2) is 72.8 Å². The highest BCUT2D eigenvalue weighted by Crippen LogP contribution is 2.25. The predicted molar refractivity (Wildman–Crippen MR) is 128 cm³/mol. The van der Waals surface area contributed by atoms with Crippen molar-refractivity contribution in [1.82, 2.24) is 4.98 Å². The Balaban J connectivity index is 0.00000306. The highest BCUT2D eigenvalue weighted by atomic mass is 35.5. The van der Waals surface area contributed by atoms with E-state index >= 15 is 0 Å². The molecular weight excluding hydrogens is 442 g/mol. The fraction of sp³-hybridized carbons (Fsp3) is 0.0800. The molecule has 7 nitrogen and oxygen atoms in total. The molecule has 0 unspecified atom stereocenters. The lowest BCUT2D eigenvalue weighted by atomic mass is 10.1. The van der Waals surface area contributed by atoms with E-state index in [-0.39, 0.29) is 30.5 Å². The smallest absolute Gasteiger partial charge is 0.256 e. The molecule has 4 aromatic rings. The van der Waals surface area contributed by atoms with Gasteiger partial charge in [0.2, 0.25) is 0 Å². The van der Waals surface area contributed by atoms with Crippen molar-refractivity contribution in [2.45, 2.75) is 13.5 Å². The van der Waals surface area contributed by atoms with E-state index < -0.39 is 5.97 Å². The second-order valence-electron chi connectivity index (χ2n) is 7.30. The van der Waals surface area contributed by atoms with Gasteiger partial charge in [-0.15, -0.1) is 12.4 Å². The Kier molecular flexibility index (Phi) is 7.15. The molecule has 0 fully saturated rings. The lowest BCUT2D eigenvalue weighted by molar-refractivity contribution is -0.255. The first kappa shape index (κ1) is 23.6. The number of nitrogen functional groups attached to an aromatic ring is 1. The number of carbonyl (C=O) groups is 2. The van der Waals surface area contributed by atoms with Crippen LogP contribution in [0.25, 0.3) is 10.9 Å². The molecule has 33 heavy (non-hydrogen) atoms. The van der Waals surface area contributed by atoms with Gasteiger partial charge < -0.3 is 25.7 Å². The lowest BCUT2D eigenvalue weighted by Gasteiger charge is -2.13. The zero-order valence-corrected chi connectivity index (χ0v) is 18.5. The standard InChI is InChI=1S/C25H21N3O4.ClH/c1-15-12-22(26)21-13-18(8-11-23(21)27-15)28-24(29)20-5-3-2-4-17(20)14-32-19-9-6-16(7-10-19)25(30)31;/h2-13H,14H2,1H3,(H2,26,27)(H,28,29)(H,30,31);1H/p-1. The Morgan fingerprint density at radius 3 is 2.48 bits per heavy atom. The molecular formula is C25H21ClN3O4-. The van der Waals surface area contributed by atoms with Gasteiger partial charge in [0, 0.05) is 33.6 Å². The molecule has 1 heterocycles. The summed E-state index contributed by atoms with van der Waals surface area (Å²) in [6, 6.07) is 20.2. The molecule has 168 valence electrons. The number of aromatic nitrogens is 1. The number of benzene rings is 3. The van der Waals surface area contributed by atoms with Gasteiger partial charge in [-0.3, -0.25) is 9.78 Å². The van der Waals surface area contributed by atoms with Crippen LogP contribution in [-0.4, -0.2) is 16.9 Å². The van der Waals surface area contributed by atoms with E-state index in [4.69, 9.17) is 10.5 Å². The third-order valence-corrected chi connectivity index (χ3v) is 4.97. The van der Waals surface area contributed by atoms with E-state index in [0.717, 1.165) is 16.6 Å². The summed E-state index contributed by atoms with van der Waals surface area (Å²) in [5.74, 6) is -1.05. The molecule has 1 amide bonds. The number of rotatable bonds is 6. The summed E-state index contributed by atoms with van der Waals surface area (Å²) in [4.78, 5) is 28.3. The third kappa shape index (κ3) is 5.39. The van der Waals surface area contributed by atoms with Gasteiger partial charge in [-0.05, 0) is 67.1 Å². The summed E-state index contributed by atoms with van der Waals surface area (Å²) in [6.45, 7) is 2.02. The van der Waals surface area contributed by atoms with Gasteiger partial charge in [0.15, 0.2) is 0 Å². The van der Waals surface area contributed by atoms with Crippen LogP contribution in [0.5, 0.6) is 5.75 Å². The van der Waals surface area contributed by atoms with Crippen molar-refractivity contribution in [2.24, 2.45) is 0 Å². The van der Waals surface area contributed by atoms with Crippen molar-refractivity contribution < 1.29 is 19.4 Å². The topological polar surface area (TPSA) is 117 Å². The number of carboxylic acids is 1. The molecule has 0 saturated heterocycles. The van der Waals surface area contributed by atoms with E-state index in [1.165, 1.54) is 12.1 Å². The molecule has 0 aliphatic heterocycles. The SMILES string of the molecule is Cc1cc(N)c2cc(NC(=O)c3ccccc3COc3ccc(C(=O)[O-])cc3)ccc2n1.Cl. The van der Waals surface area contributed by atoms with Crippen molar-refractivity contribution in [3.8, 4) is 5.75 Å². The minimum absolute atomic E-state index is 0. The quantitative estimate of drug-likeness (QED) is 0.450. The Morgan fingerprint density at radius 2 is 1.76 bits per heavy atom. The molecule has 0 atom stereocenters. The number of nitrogens with zero attached hydrogens (tertiary/aromatic N) is 1. The molecule has 0 aliphatic rings. The first-order valence-corrected chi connectivity index (χ1v) is 9.91. The Morgan fingerprint density at radius 1 is 1.03 bits per heavy atom. The zero-order valence-electron chi connectivity index (χ0n) is 17.7. The maximum Gasteiger partial charge on any atom is 0.256 e. The predicted octanol–water partition coefficient (Wildman–Crippen LogP) is 3.74. The van der Waals surface area contributed by atoms with E-state index in [1.54, 1.807) is 48.5 Å². The second kappa shape index (κ2) is 10.0. The minimum Gasteiger partial charge on any atom is -0.545 e. The number of ether oxygens (including phenoxy) is 1. The summed E-state index contributed by atoms with van der Waals surface area (Å²) in [6.07, 6.45) is 0. The third-order valence-electron chi connectivity index (χ3n) is 4.97. The molecule has 0 saturated carbocycles. The number of hydrogen-bond donors (Lipinski definition) is 2. The number of anilines is 2. The first-order valence-electron chi connectivity index (χ1n) is 9.91. The van der Waals surface area contributed by atoms with E-state index in [1.807, 2.05) is 19.1 Å². The summed E-state index contributed by atoms with van der Waals surface area (Å²) in [5.41, 5.74) is 10.1. The lowest BCUT2D eigenvalue weighted by Crippen LogP contribution is -2.21. The number of hydrogen-bond acceptors (Lipinski definition) is 6. The molecule has 3 N–H and O–H groups in total. The maximum absolute atomic E-state index is 13.0. The molecule has 8 heteroatoms. The number of aromatic carboxylic acids is 1. The largest absolute Gasteiger partial charge is 0.545 e. The van der Waals surface area contributed by atoms with Crippen LogP contribution >= 0.6 is 12.4 Å². The van der Waals surface area contributed by atoms with E-state index in [9.17, 15) is 14.7 Å². The number of pyridine rings is 1. The second-order valence-corrected chi connectivity index (χ2v) is 7.30. The molecule has 0 bridgehead atoms. The number of carboxylic acid groups (broad SMARTS) is 1. The van der Waals surface area contributed by atoms with Crippen molar-refractivity contribution in [3.63, 3.8) is 0 Å². The van der Waals surface area contributed by atoms with Gasteiger partial charge in [-0.1, -0.05) is 18.2 Å². The van der Waals surface area contributed by atoms with Crippen molar-refractivity contribution in [3.05, 3.63) is 95.2 Å². The Labute approximate surface area is 196 Å². The number of carbonyl (C=O) groups excluding carboxylic acids is 2. The van der Waals surface area contributed by atoms with Crippen molar-refractivity contribution in [2.75, 3.05) is 11.1 Å².